The Morgan fingerprint density at radius 3 is 3.07 bits per heavy atom. The summed E-state index contributed by atoms with van der Waals surface area (Å²) < 4.78 is 13.3. The summed E-state index contributed by atoms with van der Waals surface area (Å²) in [6.45, 7) is 4.82. The minimum atomic E-state index is -0.249. The Morgan fingerprint density at radius 1 is 1.31 bits per heavy atom. The maximum Gasteiger partial charge on any atom is 0.319 e. The van der Waals surface area contributed by atoms with Gasteiger partial charge in [-0.25, -0.2) is 9.78 Å². The molecule has 0 aliphatic carbocycles. The normalized spacial score (nSPS) is 16.1. The molecule has 2 amide bonds. The van der Waals surface area contributed by atoms with Gasteiger partial charge in [-0.1, -0.05) is 13.0 Å². The second-order valence-electron chi connectivity index (χ2n) is 7.20. The van der Waals surface area contributed by atoms with E-state index >= 15 is 0 Å². The number of hydrogen-bond donors (Lipinski definition) is 2. The molecule has 7 nitrogen and oxygen atoms in total. The lowest BCUT2D eigenvalue weighted by Crippen LogP contribution is -2.28. The summed E-state index contributed by atoms with van der Waals surface area (Å²) in [7, 11) is 0. The number of rotatable bonds is 7. The van der Waals surface area contributed by atoms with Crippen LogP contribution < -0.4 is 15.4 Å². The first kappa shape index (κ1) is 19.3. The van der Waals surface area contributed by atoms with Crippen LogP contribution in [-0.4, -0.2) is 34.9 Å². The van der Waals surface area contributed by atoms with E-state index in [0.29, 0.717) is 19.0 Å². The molecule has 2 aromatic heterocycles. The van der Waals surface area contributed by atoms with Gasteiger partial charge in [0.25, 0.3) is 0 Å². The number of benzene rings is 1. The molecule has 0 radical (unpaired) electrons. The van der Waals surface area contributed by atoms with Crippen molar-refractivity contribution in [3.05, 3.63) is 54.4 Å². The summed E-state index contributed by atoms with van der Waals surface area (Å²) in [6, 6.07) is 11.5. The van der Waals surface area contributed by atoms with Crippen molar-refractivity contribution in [2.24, 2.45) is 0 Å². The highest BCUT2D eigenvalue weighted by molar-refractivity contribution is 5.92. The standard InChI is InChI=1S/C22H26N4O3/c1-2-9-26-10-6-17-3-4-18(13-20(17)26)25-22(27)24-14-16-5-8-23-21(12-16)29-19-7-11-28-15-19/h3-6,8,10,12-13,19H,2,7,9,11,14-15H2,1H3,(H2,24,25,27). The summed E-state index contributed by atoms with van der Waals surface area (Å²) in [6.07, 6.45) is 5.76. The fraction of sp³-hybridized carbons (Fsp3) is 0.364. The van der Waals surface area contributed by atoms with E-state index in [2.05, 4.69) is 39.4 Å². The molecule has 1 unspecified atom stereocenters. The fourth-order valence-electron chi connectivity index (χ4n) is 3.46. The topological polar surface area (TPSA) is 77.4 Å². The number of anilines is 1. The molecule has 1 atom stereocenters. The van der Waals surface area contributed by atoms with Crippen molar-refractivity contribution in [1.82, 2.24) is 14.9 Å². The van der Waals surface area contributed by atoms with Crippen LogP contribution >= 0.6 is 0 Å². The summed E-state index contributed by atoms with van der Waals surface area (Å²) in [4.78, 5) is 16.6. The van der Waals surface area contributed by atoms with Crippen molar-refractivity contribution in [2.75, 3.05) is 18.5 Å². The predicted octanol–water partition coefficient (Wildman–Crippen LogP) is 3.94. The molecule has 1 aliphatic heterocycles. The Bertz CT molecular complexity index is 979. The number of ether oxygens (including phenoxy) is 2. The highest BCUT2D eigenvalue weighted by Crippen LogP contribution is 2.21. The number of amides is 2. The van der Waals surface area contributed by atoms with Crippen LogP contribution in [0.1, 0.15) is 25.3 Å². The van der Waals surface area contributed by atoms with Gasteiger partial charge in [0.15, 0.2) is 0 Å². The van der Waals surface area contributed by atoms with Crippen LogP contribution in [0.25, 0.3) is 10.9 Å². The van der Waals surface area contributed by atoms with Crippen LogP contribution in [0.5, 0.6) is 5.88 Å². The van der Waals surface area contributed by atoms with Crippen molar-refractivity contribution in [2.45, 2.75) is 39.0 Å². The van der Waals surface area contributed by atoms with Crippen LogP contribution in [-0.2, 0) is 17.8 Å². The minimum absolute atomic E-state index is 0.0515. The Morgan fingerprint density at radius 2 is 2.24 bits per heavy atom. The van der Waals surface area contributed by atoms with E-state index in [1.54, 1.807) is 6.20 Å². The van der Waals surface area contributed by atoms with Crippen molar-refractivity contribution in [3.8, 4) is 5.88 Å². The van der Waals surface area contributed by atoms with Crippen molar-refractivity contribution >= 4 is 22.6 Å². The van der Waals surface area contributed by atoms with Gasteiger partial charge in [-0.3, -0.25) is 0 Å². The average Bonchev–Trinajstić information content (AvgIpc) is 3.37. The smallest absolute Gasteiger partial charge is 0.319 e. The molecule has 2 N–H and O–H groups in total. The second-order valence-corrected chi connectivity index (χ2v) is 7.20. The number of hydrogen-bond acceptors (Lipinski definition) is 4. The molecule has 0 saturated carbocycles. The van der Waals surface area contributed by atoms with Crippen molar-refractivity contribution in [1.29, 1.82) is 0 Å². The minimum Gasteiger partial charge on any atom is -0.472 e. The van der Waals surface area contributed by atoms with E-state index in [1.807, 2.05) is 30.3 Å². The lowest BCUT2D eigenvalue weighted by molar-refractivity contribution is 0.138. The second kappa shape index (κ2) is 8.96. The van der Waals surface area contributed by atoms with Crippen LogP contribution in [0.4, 0.5) is 10.5 Å². The Labute approximate surface area is 170 Å². The van der Waals surface area contributed by atoms with E-state index in [0.717, 1.165) is 42.8 Å². The third-order valence-corrected chi connectivity index (χ3v) is 4.92. The molecule has 152 valence electrons. The van der Waals surface area contributed by atoms with Gasteiger partial charge in [-0.15, -0.1) is 0 Å². The van der Waals surface area contributed by atoms with Crippen molar-refractivity contribution in [3.63, 3.8) is 0 Å². The van der Waals surface area contributed by atoms with Gasteiger partial charge in [-0.05, 0) is 41.6 Å². The molecule has 4 rings (SSSR count). The molecule has 1 aromatic carbocycles. The molecule has 7 heteroatoms. The number of aryl methyl sites for hydroxylation is 1. The lowest BCUT2D eigenvalue weighted by Gasteiger charge is -2.12. The summed E-state index contributed by atoms with van der Waals surface area (Å²) in [5.41, 5.74) is 2.82. The zero-order chi connectivity index (χ0) is 20.1. The van der Waals surface area contributed by atoms with E-state index in [-0.39, 0.29) is 12.1 Å². The SMILES string of the molecule is CCCn1ccc2ccc(NC(=O)NCc3ccnc(OC4CCOC4)c3)cc21. The van der Waals surface area contributed by atoms with Gasteiger partial charge < -0.3 is 24.7 Å². The Hall–Kier alpha value is -3.06. The van der Waals surface area contributed by atoms with Gasteiger partial charge in [0, 0.05) is 43.7 Å². The van der Waals surface area contributed by atoms with Gasteiger partial charge in [0.05, 0.1) is 18.7 Å². The van der Waals surface area contributed by atoms with Gasteiger partial charge in [0.2, 0.25) is 5.88 Å². The van der Waals surface area contributed by atoms with Gasteiger partial charge >= 0.3 is 6.03 Å². The number of aromatic nitrogens is 2. The number of carbonyl (C=O) groups excluding carboxylic acids is 1. The van der Waals surface area contributed by atoms with E-state index in [9.17, 15) is 4.79 Å². The number of fused-ring (bicyclic) bond motifs is 1. The third-order valence-electron chi connectivity index (χ3n) is 4.92. The molecule has 0 bridgehead atoms. The first-order valence-corrected chi connectivity index (χ1v) is 10.0. The zero-order valence-electron chi connectivity index (χ0n) is 16.6. The van der Waals surface area contributed by atoms with Gasteiger partial charge in [-0.2, -0.15) is 0 Å². The molecule has 29 heavy (non-hydrogen) atoms. The first-order chi connectivity index (χ1) is 14.2. The van der Waals surface area contributed by atoms with Crippen LogP contribution in [0, 0.1) is 0 Å². The van der Waals surface area contributed by atoms with E-state index < -0.39 is 0 Å². The highest BCUT2D eigenvalue weighted by atomic mass is 16.5. The van der Waals surface area contributed by atoms with E-state index in [1.165, 1.54) is 5.39 Å². The Balaban J connectivity index is 1.34. The van der Waals surface area contributed by atoms with Crippen molar-refractivity contribution < 1.29 is 14.3 Å². The van der Waals surface area contributed by atoms with Crippen LogP contribution in [0.2, 0.25) is 0 Å². The van der Waals surface area contributed by atoms with Gasteiger partial charge in [0.1, 0.15) is 6.10 Å². The average molecular weight is 394 g/mol. The number of nitrogens with one attached hydrogen (secondary N) is 2. The maximum atomic E-state index is 12.3. The van der Waals surface area contributed by atoms with Crippen LogP contribution in [0.15, 0.2) is 48.8 Å². The molecule has 3 aromatic rings. The number of carbonyl (C=O) groups is 1. The maximum absolute atomic E-state index is 12.3. The molecular formula is C22H26N4O3. The summed E-state index contributed by atoms with van der Waals surface area (Å²) in [5, 5.41) is 6.96. The molecule has 1 aliphatic rings. The molecular weight excluding hydrogens is 368 g/mol. The number of nitrogens with zero attached hydrogens (tertiary/aromatic N) is 2. The number of urea groups is 1. The molecule has 3 heterocycles. The van der Waals surface area contributed by atoms with Crippen LogP contribution in [0.3, 0.4) is 0 Å². The highest BCUT2D eigenvalue weighted by Gasteiger charge is 2.17. The largest absolute Gasteiger partial charge is 0.472 e. The Kier molecular flexibility index (Phi) is 5.95. The monoisotopic (exact) mass is 394 g/mol. The molecule has 1 fully saturated rings. The van der Waals surface area contributed by atoms with E-state index in [4.69, 9.17) is 9.47 Å². The first-order valence-electron chi connectivity index (χ1n) is 10.0. The molecule has 1 saturated heterocycles. The quantitative estimate of drug-likeness (QED) is 0.636. The molecule has 0 spiro atoms. The predicted molar refractivity (Wildman–Crippen MR) is 112 cm³/mol. The lowest BCUT2D eigenvalue weighted by atomic mass is 10.2. The number of pyridine rings is 1. The third kappa shape index (κ3) is 4.86. The fourth-order valence-corrected chi connectivity index (χ4v) is 3.46. The zero-order valence-corrected chi connectivity index (χ0v) is 16.6. The summed E-state index contributed by atoms with van der Waals surface area (Å²) in [5.74, 6) is 0.558. The summed E-state index contributed by atoms with van der Waals surface area (Å²) >= 11 is 0.